The molecule has 5 nitrogen and oxygen atoms in total. The van der Waals surface area contributed by atoms with Crippen LogP contribution >= 0.6 is 0 Å². The van der Waals surface area contributed by atoms with E-state index in [0.717, 1.165) is 30.2 Å². The van der Waals surface area contributed by atoms with Gasteiger partial charge in [0.15, 0.2) is 6.61 Å². The number of aromatic nitrogens is 1. The maximum absolute atomic E-state index is 12.0. The van der Waals surface area contributed by atoms with E-state index < -0.39 is 5.97 Å². The zero-order valence-electron chi connectivity index (χ0n) is 14.4. The number of fused-ring (bicyclic) bond motifs is 1. The minimum Gasteiger partial charge on any atom is -0.451 e. The number of para-hydroxylation sites is 1. The number of ether oxygens (including phenoxy) is 1. The Morgan fingerprint density at radius 2 is 2.04 bits per heavy atom. The molecule has 1 amide bonds. The first-order valence-corrected chi connectivity index (χ1v) is 8.65. The van der Waals surface area contributed by atoms with Crippen molar-refractivity contribution in [1.82, 2.24) is 10.3 Å². The molecule has 130 valence electrons. The van der Waals surface area contributed by atoms with Gasteiger partial charge in [-0.05, 0) is 24.5 Å². The van der Waals surface area contributed by atoms with Crippen molar-refractivity contribution < 1.29 is 14.3 Å². The number of rotatable bonds is 9. The van der Waals surface area contributed by atoms with Gasteiger partial charge in [0.2, 0.25) is 0 Å². The van der Waals surface area contributed by atoms with Crippen molar-refractivity contribution in [2.75, 3.05) is 13.2 Å². The third-order valence-electron chi connectivity index (χ3n) is 4.22. The van der Waals surface area contributed by atoms with Crippen LogP contribution in [-0.2, 0) is 9.53 Å². The third-order valence-corrected chi connectivity index (χ3v) is 4.22. The second-order valence-electron chi connectivity index (χ2n) is 6.07. The average molecular weight is 330 g/mol. The van der Waals surface area contributed by atoms with E-state index in [9.17, 15) is 9.59 Å². The summed E-state index contributed by atoms with van der Waals surface area (Å²) in [5.74, 6) is -0.285. The molecule has 1 heterocycles. The number of carbonyl (C=O) groups is 2. The smallest absolute Gasteiger partial charge is 0.355 e. The topological polar surface area (TPSA) is 71.2 Å². The zero-order chi connectivity index (χ0) is 17.4. The summed E-state index contributed by atoms with van der Waals surface area (Å²) in [5.41, 5.74) is 1.23. The molecule has 0 aliphatic heterocycles. The van der Waals surface area contributed by atoms with Crippen molar-refractivity contribution in [1.29, 1.82) is 0 Å². The largest absolute Gasteiger partial charge is 0.451 e. The molecule has 0 spiro atoms. The number of nitrogens with one attached hydrogen (secondary N) is 2. The number of H-pyrrole nitrogens is 1. The number of hydrogen-bond acceptors (Lipinski definition) is 3. The Balaban J connectivity index is 1.77. The van der Waals surface area contributed by atoms with Crippen LogP contribution in [-0.4, -0.2) is 30.0 Å². The molecule has 1 aromatic heterocycles. The summed E-state index contributed by atoms with van der Waals surface area (Å²) in [4.78, 5) is 26.9. The van der Waals surface area contributed by atoms with Crippen LogP contribution in [0.15, 0.2) is 30.3 Å². The van der Waals surface area contributed by atoms with Gasteiger partial charge in [-0.3, -0.25) is 4.79 Å². The molecule has 2 N–H and O–H groups in total. The highest BCUT2D eigenvalue weighted by Gasteiger charge is 2.14. The van der Waals surface area contributed by atoms with Gasteiger partial charge in [0.1, 0.15) is 5.69 Å². The van der Waals surface area contributed by atoms with Gasteiger partial charge < -0.3 is 15.0 Å². The Morgan fingerprint density at radius 3 is 2.75 bits per heavy atom. The summed E-state index contributed by atoms with van der Waals surface area (Å²) in [5, 5.41) is 3.79. The van der Waals surface area contributed by atoms with Crippen molar-refractivity contribution in [3.8, 4) is 0 Å². The van der Waals surface area contributed by atoms with Gasteiger partial charge in [-0.2, -0.15) is 0 Å². The van der Waals surface area contributed by atoms with Gasteiger partial charge in [-0.25, -0.2) is 4.79 Å². The molecule has 0 unspecified atom stereocenters. The van der Waals surface area contributed by atoms with Gasteiger partial charge in [-0.15, -0.1) is 0 Å². The van der Waals surface area contributed by atoms with E-state index in [4.69, 9.17) is 4.74 Å². The van der Waals surface area contributed by atoms with E-state index in [2.05, 4.69) is 24.1 Å². The molecule has 0 fully saturated rings. The monoisotopic (exact) mass is 330 g/mol. The maximum Gasteiger partial charge on any atom is 0.355 e. The molecule has 1 atom stereocenters. The number of hydrogen-bond donors (Lipinski definition) is 2. The van der Waals surface area contributed by atoms with E-state index in [1.165, 1.54) is 6.42 Å². The van der Waals surface area contributed by atoms with Crippen LogP contribution in [0.4, 0.5) is 0 Å². The average Bonchev–Trinajstić information content (AvgIpc) is 3.04. The molecule has 0 aliphatic carbocycles. The SMILES string of the molecule is CCCC[C@H](CC)CNC(=O)COC(=O)c1cc2ccccc2[nH]1. The van der Waals surface area contributed by atoms with Crippen LogP contribution in [0.25, 0.3) is 10.9 Å². The molecule has 2 rings (SSSR count). The summed E-state index contributed by atoms with van der Waals surface area (Å²) in [6.45, 7) is 4.68. The van der Waals surface area contributed by atoms with Crippen LogP contribution in [0.2, 0.25) is 0 Å². The first-order valence-electron chi connectivity index (χ1n) is 8.65. The number of unbranched alkanes of at least 4 members (excludes halogenated alkanes) is 1. The second kappa shape index (κ2) is 9.11. The van der Waals surface area contributed by atoms with Gasteiger partial charge in [0, 0.05) is 17.4 Å². The molecule has 2 aromatic rings. The standard InChI is InChI=1S/C19H26N2O3/c1-3-5-8-14(4-2)12-20-18(22)13-24-19(23)17-11-15-9-6-7-10-16(15)21-17/h6-7,9-11,14,21H,3-5,8,12-13H2,1-2H3,(H,20,22)/t14-/m0/s1. The lowest BCUT2D eigenvalue weighted by Crippen LogP contribution is -2.32. The number of amides is 1. The Kier molecular flexibility index (Phi) is 6.85. The first kappa shape index (κ1) is 18.0. The molecule has 24 heavy (non-hydrogen) atoms. The lowest BCUT2D eigenvalue weighted by Gasteiger charge is -2.15. The van der Waals surface area contributed by atoms with Crippen LogP contribution in [0, 0.1) is 5.92 Å². The highest BCUT2D eigenvalue weighted by atomic mass is 16.5. The molecule has 0 saturated heterocycles. The lowest BCUT2D eigenvalue weighted by molar-refractivity contribution is -0.124. The van der Waals surface area contributed by atoms with Gasteiger partial charge in [0.05, 0.1) is 0 Å². The molecule has 5 heteroatoms. The molecular weight excluding hydrogens is 304 g/mol. The van der Waals surface area contributed by atoms with Gasteiger partial charge >= 0.3 is 5.97 Å². The van der Waals surface area contributed by atoms with Crippen molar-refractivity contribution in [3.63, 3.8) is 0 Å². The fourth-order valence-electron chi connectivity index (χ4n) is 2.64. The van der Waals surface area contributed by atoms with Crippen LogP contribution in [0.3, 0.4) is 0 Å². The summed E-state index contributed by atoms with van der Waals surface area (Å²) in [6.07, 6.45) is 4.48. The number of carbonyl (C=O) groups excluding carboxylic acids is 2. The quantitative estimate of drug-likeness (QED) is 0.689. The minimum absolute atomic E-state index is 0.252. The molecule has 0 aliphatic rings. The predicted octanol–water partition coefficient (Wildman–Crippen LogP) is 3.66. The van der Waals surface area contributed by atoms with Crippen LogP contribution in [0.5, 0.6) is 0 Å². The lowest BCUT2D eigenvalue weighted by atomic mass is 9.99. The minimum atomic E-state index is -0.514. The number of aromatic amines is 1. The number of esters is 1. The third kappa shape index (κ3) is 5.11. The summed E-state index contributed by atoms with van der Waals surface area (Å²) in [6, 6.07) is 9.33. The van der Waals surface area contributed by atoms with E-state index in [1.807, 2.05) is 24.3 Å². The molecule has 0 saturated carbocycles. The van der Waals surface area contributed by atoms with Crippen molar-refractivity contribution in [3.05, 3.63) is 36.0 Å². The van der Waals surface area contributed by atoms with E-state index in [0.29, 0.717) is 18.2 Å². The molecule has 0 radical (unpaired) electrons. The summed E-state index contributed by atoms with van der Waals surface area (Å²) in [7, 11) is 0. The second-order valence-corrected chi connectivity index (χ2v) is 6.07. The van der Waals surface area contributed by atoms with Gasteiger partial charge in [0.25, 0.3) is 5.91 Å². The molecule has 0 bridgehead atoms. The Morgan fingerprint density at radius 1 is 1.25 bits per heavy atom. The fraction of sp³-hybridized carbons (Fsp3) is 0.474. The van der Waals surface area contributed by atoms with E-state index in [-0.39, 0.29) is 12.5 Å². The predicted molar refractivity (Wildman–Crippen MR) is 94.9 cm³/mol. The summed E-state index contributed by atoms with van der Waals surface area (Å²) < 4.78 is 5.08. The first-order chi connectivity index (χ1) is 11.6. The summed E-state index contributed by atoms with van der Waals surface area (Å²) >= 11 is 0. The highest BCUT2D eigenvalue weighted by molar-refractivity contribution is 5.95. The Labute approximate surface area is 142 Å². The van der Waals surface area contributed by atoms with Crippen molar-refractivity contribution in [2.24, 2.45) is 5.92 Å². The van der Waals surface area contributed by atoms with Gasteiger partial charge in [-0.1, -0.05) is 51.3 Å². The van der Waals surface area contributed by atoms with E-state index >= 15 is 0 Å². The van der Waals surface area contributed by atoms with Crippen molar-refractivity contribution in [2.45, 2.75) is 39.5 Å². The zero-order valence-corrected chi connectivity index (χ0v) is 14.4. The maximum atomic E-state index is 12.0. The van der Waals surface area contributed by atoms with Crippen LogP contribution in [0.1, 0.15) is 50.0 Å². The highest BCUT2D eigenvalue weighted by Crippen LogP contribution is 2.15. The Bertz CT molecular complexity index is 645. The Hall–Kier alpha value is -2.30. The van der Waals surface area contributed by atoms with Crippen LogP contribution < -0.4 is 5.32 Å². The molecule has 1 aromatic carbocycles. The van der Waals surface area contributed by atoms with Crippen molar-refractivity contribution >= 4 is 22.8 Å². The molecular formula is C19H26N2O3. The van der Waals surface area contributed by atoms with E-state index in [1.54, 1.807) is 6.07 Å². The fourth-order valence-corrected chi connectivity index (χ4v) is 2.64. The normalized spacial score (nSPS) is 12.1. The number of benzene rings is 1.